The summed E-state index contributed by atoms with van der Waals surface area (Å²) in [7, 11) is 0. The summed E-state index contributed by atoms with van der Waals surface area (Å²) in [6.45, 7) is 10.6. The number of ether oxygens (including phenoxy) is 1. The van der Waals surface area contributed by atoms with Crippen molar-refractivity contribution in [1.82, 2.24) is 0 Å². The third-order valence-electron chi connectivity index (χ3n) is 5.32. The predicted octanol–water partition coefficient (Wildman–Crippen LogP) is 3.91. The quantitative estimate of drug-likeness (QED) is 0.809. The number of hydrogen-bond donors (Lipinski definition) is 1. The fourth-order valence-corrected chi connectivity index (χ4v) is 4.58. The Labute approximate surface area is 112 Å². The molecule has 1 heterocycles. The number of aliphatic hydroxyl groups is 1. The summed E-state index contributed by atoms with van der Waals surface area (Å²) in [5, 5.41) is 11.4. The largest absolute Gasteiger partial charge is 0.386 e. The Balaban J connectivity index is 2.29. The van der Waals surface area contributed by atoms with Crippen LogP contribution in [0.4, 0.5) is 0 Å². The SMILES string of the molecule is CCC1CCCCC1C1(O)CC(C)(C)OC1(C)C. The maximum absolute atomic E-state index is 11.4. The molecule has 2 heteroatoms. The molecule has 0 amide bonds. The van der Waals surface area contributed by atoms with Crippen molar-refractivity contribution < 1.29 is 9.84 Å². The highest BCUT2D eigenvalue weighted by atomic mass is 16.5. The summed E-state index contributed by atoms with van der Waals surface area (Å²) in [5.74, 6) is 1.08. The van der Waals surface area contributed by atoms with Gasteiger partial charge in [0.2, 0.25) is 0 Å². The lowest BCUT2D eigenvalue weighted by Crippen LogP contribution is -2.54. The average molecular weight is 254 g/mol. The molecule has 3 unspecified atom stereocenters. The summed E-state index contributed by atoms with van der Waals surface area (Å²) in [5.41, 5.74) is -1.28. The standard InChI is InChI=1S/C16H30O2/c1-6-12-9-7-8-10-13(12)16(17)11-14(2,3)18-15(16,4)5/h12-13,17H,6-11H2,1-5H3. The first-order valence-electron chi connectivity index (χ1n) is 7.64. The van der Waals surface area contributed by atoms with Crippen LogP contribution in [0.5, 0.6) is 0 Å². The van der Waals surface area contributed by atoms with Crippen LogP contribution < -0.4 is 0 Å². The van der Waals surface area contributed by atoms with Crippen molar-refractivity contribution in [3.05, 3.63) is 0 Å². The molecule has 2 aliphatic rings. The molecule has 18 heavy (non-hydrogen) atoms. The van der Waals surface area contributed by atoms with Crippen LogP contribution >= 0.6 is 0 Å². The number of rotatable bonds is 2. The van der Waals surface area contributed by atoms with E-state index >= 15 is 0 Å². The van der Waals surface area contributed by atoms with Gasteiger partial charge in [0, 0.05) is 6.42 Å². The molecule has 2 nitrogen and oxygen atoms in total. The molecule has 0 radical (unpaired) electrons. The van der Waals surface area contributed by atoms with Crippen LogP contribution in [-0.2, 0) is 4.74 Å². The zero-order valence-electron chi connectivity index (χ0n) is 12.8. The van der Waals surface area contributed by atoms with Crippen LogP contribution in [0.15, 0.2) is 0 Å². The minimum Gasteiger partial charge on any atom is -0.386 e. The smallest absolute Gasteiger partial charge is 0.0988 e. The summed E-state index contributed by atoms with van der Waals surface area (Å²) < 4.78 is 6.15. The van der Waals surface area contributed by atoms with E-state index < -0.39 is 11.2 Å². The minimum atomic E-state index is -0.655. The fourth-order valence-electron chi connectivity index (χ4n) is 4.58. The second-order valence-corrected chi connectivity index (χ2v) is 7.53. The fraction of sp³-hybridized carbons (Fsp3) is 1.00. The van der Waals surface area contributed by atoms with Gasteiger partial charge in [0.05, 0.1) is 16.8 Å². The summed E-state index contributed by atoms with van der Waals surface area (Å²) in [6.07, 6.45) is 6.99. The summed E-state index contributed by atoms with van der Waals surface area (Å²) in [6, 6.07) is 0. The second-order valence-electron chi connectivity index (χ2n) is 7.53. The Morgan fingerprint density at radius 1 is 1.11 bits per heavy atom. The van der Waals surface area contributed by atoms with E-state index in [1.54, 1.807) is 0 Å². The summed E-state index contributed by atoms with van der Waals surface area (Å²) >= 11 is 0. The molecular weight excluding hydrogens is 224 g/mol. The monoisotopic (exact) mass is 254 g/mol. The average Bonchev–Trinajstić information content (AvgIpc) is 2.43. The topological polar surface area (TPSA) is 29.5 Å². The van der Waals surface area contributed by atoms with Crippen molar-refractivity contribution in [2.75, 3.05) is 0 Å². The first-order chi connectivity index (χ1) is 8.22. The van der Waals surface area contributed by atoms with E-state index in [2.05, 4.69) is 34.6 Å². The van der Waals surface area contributed by atoms with E-state index in [4.69, 9.17) is 4.74 Å². The lowest BCUT2D eigenvalue weighted by Gasteiger charge is -2.46. The molecule has 0 spiro atoms. The van der Waals surface area contributed by atoms with Gasteiger partial charge >= 0.3 is 0 Å². The van der Waals surface area contributed by atoms with Gasteiger partial charge in [-0.3, -0.25) is 0 Å². The van der Waals surface area contributed by atoms with E-state index in [1.165, 1.54) is 25.7 Å². The molecule has 1 aliphatic carbocycles. The van der Waals surface area contributed by atoms with Crippen molar-refractivity contribution in [2.24, 2.45) is 11.8 Å². The molecule has 3 atom stereocenters. The van der Waals surface area contributed by atoms with E-state index in [-0.39, 0.29) is 5.60 Å². The zero-order valence-corrected chi connectivity index (χ0v) is 12.8. The Hall–Kier alpha value is -0.0800. The molecule has 0 bridgehead atoms. The third kappa shape index (κ3) is 2.22. The van der Waals surface area contributed by atoms with Gasteiger partial charge in [0.25, 0.3) is 0 Å². The lowest BCUT2D eigenvalue weighted by atomic mass is 9.63. The molecule has 2 fully saturated rings. The van der Waals surface area contributed by atoms with Gasteiger partial charge in [-0.1, -0.05) is 32.6 Å². The van der Waals surface area contributed by atoms with Gasteiger partial charge in [0.1, 0.15) is 0 Å². The third-order valence-corrected chi connectivity index (χ3v) is 5.32. The maximum Gasteiger partial charge on any atom is 0.0988 e. The second kappa shape index (κ2) is 4.49. The first-order valence-corrected chi connectivity index (χ1v) is 7.64. The van der Waals surface area contributed by atoms with E-state index in [9.17, 15) is 5.11 Å². The molecule has 1 aliphatic heterocycles. The molecule has 1 saturated carbocycles. The van der Waals surface area contributed by atoms with Crippen LogP contribution in [0.3, 0.4) is 0 Å². The maximum atomic E-state index is 11.4. The minimum absolute atomic E-state index is 0.200. The normalized spacial score (nSPS) is 43.0. The van der Waals surface area contributed by atoms with Crippen LogP contribution in [0, 0.1) is 11.8 Å². The zero-order chi connectivity index (χ0) is 13.6. The van der Waals surface area contributed by atoms with Crippen molar-refractivity contribution in [3.63, 3.8) is 0 Å². The molecule has 1 saturated heterocycles. The molecule has 0 aromatic heterocycles. The molecule has 0 aromatic rings. The van der Waals surface area contributed by atoms with Crippen LogP contribution in [0.1, 0.15) is 73.1 Å². The van der Waals surface area contributed by atoms with Gasteiger partial charge < -0.3 is 9.84 Å². The van der Waals surface area contributed by atoms with Gasteiger partial charge in [-0.05, 0) is 46.0 Å². The summed E-state index contributed by atoms with van der Waals surface area (Å²) in [4.78, 5) is 0. The van der Waals surface area contributed by atoms with Gasteiger partial charge in [-0.2, -0.15) is 0 Å². The van der Waals surface area contributed by atoms with E-state index in [1.807, 2.05) is 0 Å². The van der Waals surface area contributed by atoms with Crippen molar-refractivity contribution in [3.8, 4) is 0 Å². The van der Waals surface area contributed by atoms with Crippen molar-refractivity contribution in [2.45, 2.75) is 89.9 Å². The molecule has 0 aromatic carbocycles. The Morgan fingerprint density at radius 3 is 2.22 bits per heavy atom. The first kappa shape index (κ1) is 14.3. The Kier molecular flexibility index (Phi) is 3.57. The Bertz CT molecular complexity index is 308. The molecular formula is C16H30O2. The van der Waals surface area contributed by atoms with Crippen LogP contribution in [0.25, 0.3) is 0 Å². The lowest BCUT2D eigenvalue weighted by molar-refractivity contribution is -0.161. The van der Waals surface area contributed by atoms with E-state index in [0.29, 0.717) is 11.8 Å². The highest BCUT2D eigenvalue weighted by Crippen LogP contribution is 2.54. The molecule has 106 valence electrons. The predicted molar refractivity (Wildman–Crippen MR) is 74.5 cm³/mol. The van der Waals surface area contributed by atoms with Gasteiger partial charge in [0.15, 0.2) is 0 Å². The Morgan fingerprint density at radius 2 is 1.72 bits per heavy atom. The van der Waals surface area contributed by atoms with Crippen LogP contribution in [0.2, 0.25) is 0 Å². The van der Waals surface area contributed by atoms with Gasteiger partial charge in [-0.15, -0.1) is 0 Å². The van der Waals surface area contributed by atoms with Gasteiger partial charge in [-0.25, -0.2) is 0 Å². The molecule has 1 N–H and O–H groups in total. The highest BCUT2D eigenvalue weighted by Gasteiger charge is 2.60. The highest BCUT2D eigenvalue weighted by molar-refractivity contribution is 5.10. The van der Waals surface area contributed by atoms with Crippen LogP contribution in [-0.4, -0.2) is 21.9 Å². The van der Waals surface area contributed by atoms with Crippen molar-refractivity contribution in [1.29, 1.82) is 0 Å². The van der Waals surface area contributed by atoms with E-state index in [0.717, 1.165) is 12.8 Å². The van der Waals surface area contributed by atoms with Crippen molar-refractivity contribution >= 4 is 0 Å². The number of hydrogen-bond acceptors (Lipinski definition) is 2. The molecule has 2 rings (SSSR count).